The number of fused-ring (bicyclic) bond motifs is 1. The number of anilines is 1. The van der Waals surface area contributed by atoms with E-state index in [0.717, 1.165) is 98.7 Å². The molecule has 8 rings (SSSR count). The van der Waals surface area contributed by atoms with E-state index in [4.69, 9.17) is 4.74 Å². The number of benzene rings is 4. The van der Waals surface area contributed by atoms with Crippen molar-refractivity contribution in [2.45, 2.75) is 64.0 Å². The average molecular weight is 796 g/mol. The van der Waals surface area contributed by atoms with Crippen LogP contribution in [0.4, 0.5) is 5.69 Å². The molecule has 0 bridgehead atoms. The number of carbonyl (C=O) groups is 4. The zero-order valence-corrected chi connectivity index (χ0v) is 33.7. The molecule has 4 aliphatic heterocycles. The molecular weight excluding hydrogens is 743 g/mol. The van der Waals surface area contributed by atoms with Crippen molar-refractivity contribution in [2.24, 2.45) is 5.92 Å². The van der Waals surface area contributed by atoms with Crippen LogP contribution in [-0.2, 0) is 9.59 Å². The summed E-state index contributed by atoms with van der Waals surface area (Å²) < 4.78 is 6.24. The Kier molecular flexibility index (Phi) is 12.2. The topological polar surface area (TPSA) is 132 Å². The van der Waals surface area contributed by atoms with E-state index < -0.39 is 23.8 Å². The number of piperidine rings is 3. The molecule has 59 heavy (non-hydrogen) atoms. The van der Waals surface area contributed by atoms with Crippen LogP contribution in [0.2, 0.25) is 0 Å². The number of nitrogens with one attached hydrogen (secondary N) is 2. The Morgan fingerprint density at radius 2 is 1.42 bits per heavy atom. The van der Waals surface area contributed by atoms with E-state index in [2.05, 4.69) is 75.9 Å². The largest absolute Gasteiger partial charge is 0.508 e. The molecular formula is C48H53N5O6. The second-order valence-corrected chi connectivity index (χ2v) is 16.2. The first-order valence-corrected chi connectivity index (χ1v) is 21.1. The van der Waals surface area contributed by atoms with Gasteiger partial charge in [-0.25, -0.2) is 0 Å². The zero-order chi connectivity index (χ0) is 40.9. The van der Waals surface area contributed by atoms with Gasteiger partial charge in [0.1, 0.15) is 24.1 Å². The summed E-state index contributed by atoms with van der Waals surface area (Å²) in [5.41, 5.74) is 7.02. The zero-order valence-electron chi connectivity index (χ0n) is 33.7. The van der Waals surface area contributed by atoms with Gasteiger partial charge in [-0.15, -0.1) is 0 Å². The van der Waals surface area contributed by atoms with Crippen molar-refractivity contribution < 1.29 is 29.0 Å². The van der Waals surface area contributed by atoms with Crippen LogP contribution >= 0.6 is 0 Å². The summed E-state index contributed by atoms with van der Waals surface area (Å²) in [6.45, 7) is 8.85. The molecule has 4 amide bonds. The van der Waals surface area contributed by atoms with Gasteiger partial charge >= 0.3 is 0 Å². The SMILES string of the molecule is CCC(=C(c1ccc(O)cc1)c1ccc(OCCN2CCC(CN3CCC(Nc4cccc5c4C(=O)N(C4CCC(=O)NC4=O)C5=O)CC3)CC2)cc1)c1ccccc1. The number of aromatic hydroxyl groups is 1. The number of nitrogens with zero attached hydrogens (tertiary/aromatic N) is 3. The number of phenolic OH excluding ortho intramolecular Hbond substituents is 1. The molecule has 0 radical (unpaired) electrons. The van der Waals surface area contributed by atoms with Crippen molar-refractivity contribution in [1.29, 1.82) is 0 Å². The quantitative estimate of drug-likeness (QED) is 0.0985. The van der Waals surface area contributed by atoms with Crippen molar-refractivity contribution >= 4 is 40.5 Å². The molecule has 0 spiro atoms. The highest BCUT2D eigenvalue weighted by Crippen LogP contribution is 2.36. The average Bonchev–Trinajstić information content (AvgIpc) is 3.51. The first-order chi connectivity index (χ1) is 28.7. The molecule has 1 unspecified atom stereocenters. The minimum atomic E-state index is -0.976. The monoisotopic (exact) mass is 795 g/mol. The third kappa shape index (κ3) is 8.96. The molecule has 3 saturated heterocycles. The molecule has 0 aromatic heterocycles. The van der Waals surface area contributed by atoms with Gasteiger partial charge in [-0.05, 0) is 122 Å². The van der Waals surface area contributed by atoms with Gasteiger partial charge in [-0.3, -0.25) is 34.3 Å². The van der Waals surface area contributed by atoms with Gasteiger partial charge in [0.25, 0.3) is 11.8 Å². The highest BCUT2D eigenvalue weighted by molar-refractivity contribution is 6.25. The smallest absolute Gasteiger partial charge is 0.264 e. The summed E-state index contributed by atoms with van der Waals surface area (Å²) in [5.74, 6) is -0.187. The number of phenols is 1. The van der Waals surface area contributed by atoms with Crippen LogP contribution in [0.1, 0.15) is 89.3 Å². The number of rotatable bonds is 13. The lowest BCUT2D eigenvalue weighted by molar-refractivity contribution is -0.136. The Hall–Kier alpha value is -5.78. The lowest BCUT2D eigenvalue weighted by atomic mass is 9.88. The molecule has 4 aliphatic rings. The summed E-state index contributed by atoms with van der Waals surface area (Å²) in [6, 6.07) is 30.7. The second kappa shape index (κ2) is 18.0. The highest BCUT2D eigenvalue weighted by atomic mass is 16.5. The van der Waals surface area contributed by atoms with Crippen molar-refractivity contribution in [3.05, 3.63) is 125 Å². The Bertz CT molecular complexity index is 2190. The normalized spacial score (nSPS) is 20.0. The number of hydrogen-bond donors (Lipinski definition) is 3. The fourth-order valence-corrected chi connectivity index (χ4v) is 9.19. The van der Waals surface area contributed by atoms with E-state index in [1.165, 1.54) is 11.1 Å². The molecule has 3 N–H and O–H groups in total. The van der Waals surface area contributed by atoms with Gasteiger partial charge in [-0.2, -0.15) is 0 Å². The van der Waals surface area contributed by atoms with Gasteiger partial charge in [-0.1, -0.05) is 67.6 Å². The first kappa shape index (κ1) is 40.0. The maximum absolute atomic E-state index is 13.5. The van der Waals surface area contributed by atoms with E-state index in [1.54, 1.807) is 24.3 Å². The minimum absolute atomic E-state index is 0.0955. The number of amides is 4. The Morgan fingerprint density at radius 1 is 0.746 bits per heavy atom. The van der Waals surface area contributed by atoms with E-state index in [0.29, 0.717) is 29.3 Å². The van der Waals surface area contributed by atoms with Crippen LogP contribution in [0, 0.1) is 5.92 Å². The number of carbonyl (C=O) groups excluding carboxylic acids is 4. The van der Waals surface area contributed by atoms with Gasteiger partial charge in [0.2, 0.25) is 11.8 Å². The van der Waals surface area contributed by atoms with E-state index in [1.807, 2.05) is 24.3 Å². The molecule has 4 heterocycles. The standard InChI is InChI=1S/C48H53N5O6/c1-2-39(33-7-4-3-5-8-33)44(34-11-15-37(54)16-12-34)35-13-17-38(18-14-35)59-30-29-51-25-21-32(22-26-51)31-52-27-23-36(24-28-52)49-41-10-6-9-40-45(41)48(58)53(47(40)57)42-19-20-43(55)50-46(42)56/h3-18,32,36,42,49,54H,2,19-31H2,1H3,(H,50,55,56). The Labute approximate surface area is 346 Å². The van der Waals surface area contributed by atoms with Gasteiger partial charge in [0.05, 0.1) is 11.1 Å². The predicted octanol–water partition coefficient (Wildman–Crippen LogP) is 6.83. The number of likely N-dealkylation sites (tertiary alicyclic amines) is 2. The number of hydrogen-bond acceptors (Lipinski definition) is 9. The van der Waals surface area contributed by atoms with Crippen LogP contribution in [0.3, 0.4) is 0 Å². The summed E-state index contributed by atoms with van der Waals surface area (Å²) in [6.07, 6.45) is 5.29. The van der Waals surface area contributed by atoms with Crippen LogP contribution in [0.15, 0.2) is 97.1 Å². The summed E-state index contributed by atoms with van der Waals surface area (Å²) >= 11 is 0. The maximum atomic E-state index is 13.5. The lowest BCUT2D eigenvalue weighted by Gasteiger charge is -2.38. The number of ether oxygens (including phenoxy) is 1. The molecule has 11 heteroatoms. The van der Waals surface area contributed by atoms with Gasteiger partial charge < -0.3 is 20.1 Å². The van der Waals surface area contributed by atoms with Crippen molar-refractivity contribution in [3.8, 4) is 11.5 Å². The summed E-state index contributed by atoms with van der Waals surface area (Å²) in [5, 5.41) is 15.8. The molecule has 3 fully saturated rings. The van der Waals surface area contributed by atoms with Gasteiger partial charge in [0.15, 0.2) is 0 Å². The first-order valence-electron chi connectivity index (χ1n) is 21.1. The highest BCUT2D eigenvalue weighted by Gasteiger charge is 2.45. The summed E-state index contributed by atoms with van der Waals surface area (Å²) in [7, 11) is 0. The third-order valence-electron chi connectivity index (χ3n) is 12.4. The molecule has 4 aromatic carbocycles. The van der Waals surface area contributed by atoms with Crippen molar-refractivity contribution in [1.82, 2.24) is 20.0 Å². The predicted molar refractivity (Wildman–Crippen MR) is 228 cm³/mol. The lowest BCUT2D eigenvalue weighted by Crippen LogP contribution is -2.54. The van der Waals surface area contributed by atoms with Gasteiger partial charge in [0, 0.05) is 44.3 Å². The van der Waals surface area contributed by atoms with Crippen LogP contribution in [0.5, 0.6) is 11.5 Å². The molecule has 4 aromatic rings. The van der Waals surface area contributed by atoms with Crippen LogP contribution in [-0.4, -0.2) is 101 Å². The van der Waals surface area contributed by atoms with E-state index in [9.17, 15) is 24.3 Å². The summed E-state index contributed by atoms with van der Waals surface area (Å²) in [4.78, 5) is 57.1. The fraction of sp³-hybridized carbons (Fsp3) is 0.375. The minimum Gasteiger partial charge on any atom is -0.508 e. The van der Waals surface area contributed by atoms with Crippen molar-refractivity contribution in [3.63, 3.8) is 0 Å². The molecule has 1 atom stereocenters. The van der Waals surface area contributed by atoms with Crippen molar-refractivity contribution in [2.75, 3.05) is 51.2 Å². The maximum Gasteiger partial charge on any atom is 0.264 e. The fourth-order valence-electron chi connectivity index (χ4n) is 9.19. The number of allylic oxidation sites excluding steroid dienone is 1. The number of imide groups is 2. The Balaban J connectivity index is 0.782. The van der Waals surface area contributed by atoms with Crippen LogP contribution in [0.25, 0.3) is 11.1 Å². The molecule has 0 saturated carbocycles. The second-order valence-electron chi connectivity index (χ2n) is 16.2. The molecule has 306 valence electrons. The third-order valence-corrected chi connectivity index (χ3v) is 12.4. The van der Waals surface area contributed by atoms with E-state index >= 15 is 0 Å². The Morgan fingerprint density at radius 3 is 2.10 bits per heavy atom. The van der Waals surface area contributed by atoms with E-state index in [-0.39, 0.29) is 30.5 Å². The van der Waals surface area contributed by atoms with Crippen LogP contribution < -0.4 is 15.4 Å². The molecule has 11 nitrogen and oxygen atoms in total. The molecule has 0 aliphatic carbocycles.